The Hall–Kier alpha value is -2.98. The number of benzene rings is 1. The lowest BCUT2D eigenvalue weighted by molar-refractivity contribution is 0.101. The summed E-state index contributed by atoms with van der Waals surface area (Å²) in [5.74, 6) is 1.16. The van der Waals surface area contributed by atoms with Crippen molar-refractivity contribution in [1.82, 2.24) is 10.3 Å². The highest BCUT2D eigenvalue weighted by atomic mass is 16.5. The molecule has 0 atom stereocenters. The van der Waals surface area contributed by atoms with E-state index in [9.17, 15) is 10.1 Å². The van der Waals surface area contributed by atoms with Crippen LogP contribution < -0.4 is 19.5 Å². The highest BCUT2D eigenvalue weighted by Crippen LogP contribution is 2.46. The SMILES string of the molecule is CNCc1[nH]c(C#N)c(C(C)=O)c1-c1ccc(OC)c(OC)c1OC. The summed E-state index contributed by atoms with van der Waals surface area (Å²) >= 11 is 0. The molecule has 1 heterocycles. The third-order valence-electron chi connectivity index (χ3n) is 3.87. The monoisotopic (exact) mass is 343 g/mol. The van der Waals surface area contributed by atoms with Gasteiger partial charge in [0.2, 0.25) is 5.75 Å². The fourth-order valence-corrected chi connectivity index (χ4v) is 2.89. The second kappa shape index (κ2) is 7.73. The number of Topliss-reactive ketones (excluding diaryl/α,β-unsaturated/α-hetero) is 1. The summed E-state index contributed by atoms with van der Waals surface area (Å²) in [4.78, 5) is 15.3. The maximum absolute atomic E-state index is 12.2. The molecule has 0 saturated carbocycles. The molecule has 0 bridgehead atoms. The smallest absolute Gasteiger partial charge is 0.203 e. The molecule has 0 aliphatic heterocycles. The van der Waals surface area contributed by atoms with Crippen molar-refractivity contribution in [1.29, 1.82) is 5.26 Å². The molecule has 0 aliphatic rings. The maximum Gasteiger partial charge on any atom is 0.203 e. The molecule has 0 spiro atoms. The van der Waals surface area contributed by atoms with Crippen LogP contribution in [0.1, 0.15) is 28.7 Å². The number of ketones is 1. The Morgan fingerprint density at radius 1 is 1.20 bits per heavy atom. The summed E-state index contributed by atoms with van der Waals surface area (Å²) in [6.07, 6.45) is 0. The van der Waals surface area contributed by atoms with Crippen molar-refractivity contribution in [2.24, 2.45) is 0 Å². The zero-order valence-electron chi connectivity index (χ0n) is 14.9. The van der Waals surface area contributed by atoms with Crippen LogP contribution in [0, 0.1) is 11.3 Å². The first-order valence-electron chi connectivity index (χ1n) is 7.63. The van der Waals surface area contributed by atoms with Crippen LogP contribution in [0.3, 0.4) is 0 Å². The second-order valence-electron chi connectivity index (χ2n) is 5.31. The van der Waals surface area contributed by atoms with Crippen molar-refractivity contribution in [3.8, 4) is 34.4 Å². The third kappa shape index (κ3) is 3.16. The Labute approximate surface area is 146 Å². The normalized spacial score (nSPS) is 10.2. The number of nitrogens with one attached hydrogen (secondary N) is 2. The Morgan fingerprint density at radius 2 is 1.88 bits per heavy atom. The Kier molecular flexibility index (Phi) is 5.67. The number of ether oxygens (including phenoxy) is 3. The number of H-pyrrole nitrogens is 1. The molecular formula is C18H21N3O4. The van der Waals surface area contributed by atoms with E-state index in [0.29, 0.717) is 40.5 Å². The van der Waals surface area contributed by atoms with E-state index in [0.717, 1.165) is 5.69 Å². The van der Waals surface area contributed by atoms with Crippen molar-refractivity contribution in [2.45, 2.75) is 13.5 Å². The zero-order valence-corrected chi connectivity index (χ0v) is 14.9. The summed E-state index contributed by atoms with van der Waals surface area (Å²) in [6.45, 7) is 1.89. The highest BCUT2D eigenvalue weighted by molar-refractivity contribution is 6.04. The third-order valence-corrected chi connectivity index (χ3v) is 3.87. The number of carbonyl (C=O) groups excluding carboxylic acids is 1. The van der Waals surface area contributed by atoms with Crippen molar-refractivity contribution >= 4 is 5.78 Å². The van der Waals surface area contributed by atoms with Crippen LogP contribution >= 0.6 is 0 Å². The van der Waals surface area contributed by atoms with Gasteiger partial charge >= 0.3 is 0 Å². The number of hydrogen-bond acceptors (Lipinski definition) is 6. The Morgan fingerprint density at radius 3 is 2.36 bits per heavy atom. The van der Waals surface area contributed by atoms with Crippen LogP contribution in [-0.2, 0) is 6.54 Å². The molecule has 2 aromatic rings. The average molecular weight is 343 g/mol. The van der Waals surface area contributed by atoms with Crippen molar-refractivity contribution in [3.05, 3.63) is 29.1 Å². The lowest BCUT2D eigenvalue weighted by Crippen LogP contribution is -2.07. The van der Waals surface area contributed by atoms with Crippen LogP contribution in [0.5, 0.6) is 17.2 Å². The van der Waals surface area contributed by atoms with E-state index < -0.39 is 0 Å². The van der Waals surface area contributed by atoms with Crippen LogP contribution in [0.15, 0.2) is 12.1 Å². The number of methoxy groups -OCH3 is 3. The number of hydrogen-bond donors (Lipinski definition) is 2. The molecule has 25 heavy (non-hydrogen) atoms. The van der Waals surface area contributed by atoms with E-state index >= 15 is 0 Å². The van der Waals surface area contributed by atoms with Crippen molar-refractivity contribution in [2.75, 3.05) is 28.4 Å². The summed E-state index contributed by atoms with van der Waals surface area (Å²) in [7, 11) is 6.36. The van der Waals surface area contributed by atoms with Crippen molar-refractivity contribution in [3.63, 3.8) is 0 Å². The molecule has 7 heteroatoms. The predicted molar refractivity (Wildman–Crippen MR) is 93.4 cm³/mol. The fourth-order valence-electron chi connectivity index (χ4n) is 2.89. The lowest BCUT2D eigenvalue weighted by atomic mass is 9.96. The van der Waals surface area contributed by atoms with Crippen LogP contribution in [0.2, 0.25) is 0 Å². The number of carbonyl (C=O) groups is 1. The molecule has 2 N–H and O–H groups in total. The molecule has 1 aromatic heterocycles. The van der Waals surface area contributed by atoms with Gasteiger partial charge in [0.15, 0.2) is 17.3 Å². The quantitative estimate of drug-likeness (QED) is 0.750. The molecule has 0 unspecified atom stereocenters. The molecular weight excluding hydrogens is 322 g/mol. The average Bonchev–Trinajstić information content (AvgIpc) is 2.98. The molecule has 7 nitrogen and oxygen atoms in total. The first kappa shape index (κ1) is 18.4. The number of rotatable bonds is 7. The molecule has 0 radical (unpaired) electrons. The first-order valence-corrected chi connectivity index (χ1v) is 7.63. The minimum Gasteiger partial charge on any atom is -0.493 e. The Balaban J connectivity index is 2.88. The summed E-state index contributed by atoms with van der Waals surface area (Å²) in [5.41, 5.74) is 2.54. The van der Waals surface area contributed by atoms with Gasteiger partial charge in [-0.15, -0.1) is 0 Å². The first-order chi connectivity index (χ1) is 12.0. The largest absolute Gasteiger partial charge is 0.493 e. The molecule has 2 rings (SSSR count). The van der Waals surface area contributed by atoms with Gasteiger partial charge in [-0.05, 0) is 26.1 Å². The van der Waals surface area contributed by atoms with Gasteiger partial charge in [-0.2, -0.15) is 5.26 Å². The minimum atomic E-state index is -0.206. The van der Waals surface area contributed by atoms with E-state index in [1.54, 1.807) is 19.2 Å². The Bertz CT molecular complexity index is 834. The number of nitriles is 1. The van der Waals surface area contributed by atoms with Gasteiger partial charge in [0.05, 0.1) is 26.9 Å². The maximum atomic E-state index is 12.2. The van der Waals surface area contributed by atoms with Crippen LogP contribution in [0.4, 0.5) is 0 Å². The van der Waals surface area contributed by atoms with Crippen LogP contribution in [-0.4, -0.2) is 39.1 Å². The molecule has 0 amide bonds. The van der Waals surface area contributed by atoms with Gasteiger partial charge < -0.3 is 24.5 Å². The number of nitrogens with zero attached hydrogens (tertiary/aromatic N) is 1. The van der Waals surface area contributed by atoms with Gasteiger partial charge in [-0.1, -0.05) is 0 Å². The fraction of sp³-hybridized carbons (Fsp3) is 0.333. The highest BCUT2D eigenvalue weighted by Gasteiger charge is 2.26. The molecule has 132 valence electrons. The van der Waals surface area contributed by atoms with Gasteiger partial charge in [-0.25, -0.2) is 0 Å². The predicted octanol–water partition coefficient (Wildman–Crippen LogP) is 2.50. The van der Waals surface area contributed by atoms with E-state index in [2.05, 4.69) is 16.4 Å². The van der Waals surface area contributed by atoms with Crippen molar-refractivity contribution < 1.29 is 19.0 Å². The summed E-state index contributed by atoms with van der Waals surface area (Å²) in [5, 5.41) is 12.4. The van der Waals surface area contributed by atoms with Crippen LogP contribution in [0.25, 0.3) is 11.1 Å². The standard InChI is InChI=1S/C18H21N3O4/c1-10(22)15-12(8-19)21-13(9-20-2)16(15)11-6-7-14(23-3)18(25-5)17(11)24-4/h6-7,20-21H,9H2,1-5H3. The van der Waals surface area contributed by atoms with E-state index in [-0.39, 0.29) is 11.5 Å². The summed E-state index contributed by atoms with van der Waals surface area (Å²) < 4.78 is 16.3. The van der Waals surface area contributed by atoms with E-state index in [1.165, 1.54) is 28.3 Å². The number of aromatic amines is 1. The summed E-state index contributed by atoms with van der Waals surface area (Å²) in [6, 6.07) is 5.58. The van der Waals surface area contributed by atoms with Gasteiger partial charge in [-0.3, -0.25) is 4.79 Å². The number of aromatic nitrogens is 1. The van der Waals surface area contributed by atoms with Gasteiger partial charge in [0.25, 0.3) is 0 Å². The van der Waals surface area contributed by atoms with Gasteiger partial charge in [0, 0.05) is 23.4 Å². The molecule has 1 aromatic carbocycles. The second-order valence-corrected chi connectivity index (χ2v) is 5.31. The zero-order chi connectivity index (χ0) is 18.6. The molecule has 0 fully saturated rings. The van der Waals surface area contributed by atoms with E-state index in [4.69, 9.17) is 14.2 Å². The molecule has 0 saturated heterocycles. The van der Waals surface area contributed by atoms with Gasteiger partial charge in [0.1, 0.15) is 11.8 Å². The lowest BCUT2D eigenvalue weighted by Gasteiger charge is -2.17. The minimum absolute atomic E-state index is 0.206. The van der Waals surface area contributed by atoms with E-state index in [1.807, 2.05) is 0 Å². The topological polar surface area (TPSA) is 96.4 Å². The molecule has 0 aliphatic carbocycles.